The Bertz CT molecular complexity index is 1470. The lowest BCUT2D eigenvalue weighted by Crippen LogP contribution is -2.36. The predicted molar refractivity (Wildman–Crippen MR) is 140 cm³/mol. The van der Waals surface area contributed by atoms with Gasteiger partial charge in [-0.25, -0.2) is 9.78 Å². The Hall–Kier alpha value is -5.01. The maximum absolute atomic E-state index is 13.1. The summed E-state index contributed by atoms with van der Waals surface area (Å²) in [4.78, 5) is 31.8. The lowest BCUT2D eigenvalue weighted by molar-refractivity contribution is -0.134. The van der Waals surface area contributed by atoms with Crippen molar-refractivity contribution in [1.82, 2.24) is 9.88 Å². The molecule has 0 aliphatic carbocycles. The fraction of sp³-hybridized carbons (Fsp3) is 0.167. The zero-order chi connectivity index (χ0) is 26.0. The molecule has 0 saturated carbocycles. The van der Waals surface area contributed by atoms with Crippen LogP contribution < -0.4 is 0 Å². The first-order valence-electron chi connectivity index (χ1n) is 11.8. The minimum atomic E-state index is -0.644. The highest BCUT2D eigenvalue weighted by molar-refractivity contribution is 6.05. The van der Waals surface area contributed by atoms with E-state index in [1.165, 1.54) is 4.90 Å². The summed E-state index contributed by atoms with van der Waals surface area (Å²) in [6, 6.07) is 30.9. The summed E-state index contributed by atoms with van der Waals surface area (Å²) in [5.74, 6) is -1.09. The zero-order valence-electron chi connectivity index (χ0n) is 20.1. The molecule has 1 heterocycles. The smallest absolute Gasteiger partial charge is 0.339 e. The molecule has 1 aromatic heterocycles. The second kappa shape index (κ2) is 12.1. The number of hydrogen-bond acceptors (Lipinski definition) is 6. The molecule has 1 amide bonds. The Morgan fingerprint density at radius 2 is 1.38 bits per heavy atom. The third-order valence-corrected chi connectivity index (χ3v) is 5.89. The van der Waals surface area contributed by atoms with Crippen molar-refractivity contribution in [1.29, 1.82) is 10.5 Å². The van der Waals surface area contributed by atoms with Crippen molar-refractivity contribution in [3.63, 3.8) is 0 Å². The van der Waals surface area contributed by atoms with Gasteiger partial charge in [-0.1, -0.05) is 72.8 Å². The van der Waals surface area contributed by atoms with E-state index in [1.54, 1.807) is 12.1 Å². The Morgan fingerprint density at radius 3 is 2.05 bits per heavy atom. The van der Waals surface area contributed by atoms with Crippen molar-refractivity contribution < 1.29 is 14.3 Å². The zero-order valence-corrected chi connectivity index (χ0v) is 20.1. The molecule has 3 aromatic carbocycles. The van der Waals surface area contributed by atoms with Gasteiger partial charge in [0.05, 0.1) is 41.8 Å². The molecule has 37 heavy (non-hydrogen) atoms. The first kappa shape index (κ1) is 25.1. The number of rotatable bonds is 9. The van der Waals surface area contributed by atoms with Crippen LogP contribution in [0.3, 0.4) is 0 Å². The van der Waals surface area contributed by atoms with Crippen LogP contribution in [0.15, 0.2) is 84.9 Å². The van der Waals surface area contributed by atoms with Crippen LogP contribution in [0.2, 0.25) is 0 Å². The van der Waals surface area contributed by atoms with Crippen molar-refractivity contribution in [2.45, 2.75) is 12.8 Å². The van der Waals surface area contributed by atoms with E-state index in [4.69, 9.17) is 20.2 Å². The molecule has 0 aliphatic rings. The van der Waals surface area contributed by atoms with Crippen molar-refractivity contribution in [3.8, 4) is 34.5 Å². The summed E-state index contributed by atoms with van der Waals surface area (Å²) in [6.45, 7) is -0.126. The largest absolute Gasteiger partial charge is 0.452 e. The lowest BCUT2D eigenvalue weighted by atomic mass is 10.0. The minimum Gasteiger partial charge on any atom is -0.452 e. The maximum atomic E-state index is 13.1. The van der Waals surface area contributed by atoms with Crippen LogP contribution in [-0.4, -0.2) is 41.5 Å². The highest BCUT2D eigenvalue weighted by Gasteiger charge is 2.19. The van der Waals surface area contributed by atoms with Gasteiger partial charge >= 0.3 is 5.97 Å². The topological polar surface area (TPSA) is 107 Å². The highest BCUT2D eigenvalue weighted by atomic mass is 16.5. The molecule has 0 fully saturated rings. The van der Waals surface area contributed by atoms with Crippen LogP contribution in [0, 0.1) is 22.7 Å². The fourth-order valence-electron chi connectivity index (χ4n) is 3.98. The number of fused-ring (bicyclic) bond motifs is 1. The summed E-state index contributed by atoms with van der Waals surface area (Å²) in [7, 11) is 0. The number of carbonyl (C=O) groups excluding carboxylic acids is 2. The van der Waals surface area contributed by atoms with Gasteiger partial charge in [0.15, 0.2) is 6.61 Å². The number of aromatic nitrogens is 1. The first-order valence-corrected chi connectivity index (χ1v) is 11.8. The number of nitrogens with zero attached hydrogens (tertiary/aromatic N) is 4. The summed E-state index contributed by atoms with van der Waals surface area (Å²) in [6.07, 6.45) is 0.263. The van der Waals surface area contributed by atoms with Crippen molar-refractivity contribution in [3.05, 3.63) is 90.5 Å². The van der Waals surface area contributed by atoms with E-state index in [2.05, 4.69) is 0 Å². The van der Waals surface area contributed by atoms with E-state index in [0.717, 1.165) is 16.7 Å². The molecule has 0 N–H and O–H groups in total. The molecule has 4 rings (SSSR count). The van der Waals surface area contributed by atoms with E-state index in [0.29, 0.717) is 22.2 Å². The third kappa shape index (κ3) is 6.17. The quantitative estimate of drug-likeness (QED) is 0.293. The number of benzene rings is 3. The van der Waals surface area contributed by atoms with Crippen molar-refractivity contribution >= 4 is 22.8 Å². The van der Waals surface area contributed by atoms with Gasteiger partial charge in [0.2, 0.25) is 0 Å². The molecular weight excluding hydrogens is 464 g/mol. The van der Waals surface area contributed by atoms with E-state index in [1.807, 2.05) is 84.9 Å². The van der Waals surface area contributed by atoms with Crippen molar-refractivity contribution in [2.75, 3.05) is 19.7 Å². The van der Waals surface area contributed by atoms with E-state index in [9.17, 15) is 9.59 Å². The molecule has 0 unspecified atom stereocenters. The molecular formula is C30H24N4O3. The second-order valence-corrected chi connectivity index (χ2v) is 8.29. The molecule has 0 atom stereocenters. The molecule has 4 aromatic rings. The van der Waals surface area contributed by atoms with Crippen LogP contribution in [0.1, 0.15) is 23.2 Å². The number of amides is 1. The number of nitriles is 2. The summed E-state index contributed by atoms with van der Waals surface area (Å²) in [5, 5.41) is 18.3. The van der Waals surface area contributed by atoms with Crippen LogP contribution in [0.4, 0.5) is 0 Å². The number of esters is 1. The normalized spacial score (nSPS) is 10.3. The van der Waals surface area contributed by atoms with Gasteiger partial charge < -0.3 is 9.64 Å². The molecule has 0 bridgehead atoms. The van der Waals surface area contributed by atoms with Crippen molar-refractivity contribution in [2.24, 2.45) is 0 Å². The third-order valence-electron chi connectivity index (χ3n) is 5.89. The molecule has 0 saturated heterocycles. The van der Waals surface area contributed by atoms with Gasteiger partial charge in [0, 0.05) is 24.0 Å². The number of ether oxygens (including phenoxy) is 1. The summed E-state index contributed by atoms with van der Waals surface area (Å²) < 4.78 is 5.38. The van der Waals surface area contributed by atoms with Crippen LogP contribution >= 0.6 is 0 Å². The summed E-state index contributed by atoms with van der Waals surface area (Å²) in [5.41, 5.74) is 4.57. The fourth-order valence-corrected chi connectivity index (χ4v) is 3.98. The number of para-hydroxylation sites is 1. The second-order valence-electron chi connectivity index (χ2n) is 8.29. The molecule has 182 valence electrons. The van der Waals surface area contributed by atoms with Gasteiger partial charge in [-0.05, 0) is 23.3 Å². The monoisotopic (exact) mass is 488 g/mol. The average Bonchev–Trinajstić information content (AvgIpc) is 2.95. The number of carbonyl (C=O) groups is 2. The molecule has 0 spiro atoms. The molecule has 0 aliphatic heterocycles. The van der Waals surface area contributed by atoms with E-state index >= 15 is 0 Å². The van der Waals surface area contributed by atoms with E-state index < -0.39 is 18.5 Å². The van der Waals surface area contributed by atoms with E-state index in [-0.39, 0.29) is 25.9 Å². The first-order chi connectivity index (χ1) is 18.1. The minimum absolute atomic E-state index is 0.131. The standard InChI is InChI=1S/C30H24N4O3/c31-16-6-18-34(19-7-17-32)29(35)21-37-30(36)26-20-28(33-27-11-5-4-10-25(26)27)24-14-12-23(13-15-24)22-8-2-1-3-9-22/h1-5,8-15,20H,6-7,18-19,21H2. The molecule has 7 nitrogen and oxygen atoms in total. The van der Waals surface area contributed by atoms with Crippen LogP contribution in [-0.2, 0) is 9.53 Å². The average molecular weight is 489 g/mol. The predicted octanol–water partition coefficient (Wildman–Crippen LogP) is 5.38. The van der Waals surface area contributed by atoms with Gasteiger partial charge in [-0.3, -0.25) is 4.79 Å². The number of hydrogen-bond donors (Lipinski definition) is 0. The maximum Gasteiger partial charge on any atom is 0.339 e. The SMILES string of the molecule is N#CCCN(CCC#N)C(=O)COC(=O)c1cc(-c2ccc(-c3ccccc3)cc2)nc2ccccc12. The highest BCUT2D eigenvalue weighted by Crippen LogP contribution is 2.28. The Kier molecular flexibility index (Phi) is 8.21. The Labute approximate surface area is 215 Å². The molecule has 0 radical (unpaired) electrons. The molecule has 7 heteroatoms. The Morgan fingerprint density at radius 1 is 0.784 bits per heavy atom. The summed E-state index contributed by atoms with van der Waals surface area (Å²) >= 11 is 0. The van der Waals surface area contributed by atoms with Gasteiger partial charge in [0.25, 0.3) is 5.91 Å². The Balaban J connectivity index is 1.57. The van der Waals surface area contributed by atoms with Gasteiger partial charge in [0.1, 0.15) is 0 Å². The number of pyridine rings is 1. The van der Waals surface area contributed by atoms with Gasteiger partial charge in [-0.2, -0.15) is 10.5 Å². The lowest BCUT2D eigenvalue weighted by Gasteiger charge is -2.20. The van der Waals surface area contributed by atoms with Crippen LogP contribution in [0.5, 0.6) is 0 Å². The van der Waals surface area contributed by atoms with Crippen LogP contribution in [0.25, 0.3) is 33.3 Å². The van der Waals surface area contributed by atoms with Gasteiger partial charge in [-0.15, -0.1) is 0 Å².